The molecule has 6 heteroatoms. The fourth-order valence-electron chi connectivity index (χ4n) is 3.29. The van der Waals surface area contributed by atoms with Gasteiger partial charge in [0, 0.05) is 17.0 Å². The molecule has 1 N–H and O–H groups in total. The third kappa shape index (κ3) is 3.13. The SMILES string of the molecule is O=C1COc2ccc(C3=Nc4ccccc4S[C@H](c4ccco4)C3)cc2N1. The number of nitrogens with zero attached hydrogens (tertiary/aromatic N) is 1. The van der Waals surface area contributed by atoms with Gasteiger partial charge in [-0.3, -0.25) is 9.79 Å². The summed E-state index contributed by atoms with van der Waals surface area (Å²) in [6, 6.07) is 17.9. The maximum atomic E-state index is 11.7. The number of hydrogen-bond acceptors (Lipinski definition) is 5. The lowest BCUT2D eigenvalue weighted by atomic mass is 10.0. The van der Waals surface area contributed by atoms with E-state index < -0.39 is 0 Å². The number of thioether (sulfide) groups is 1. The van der Waals surface area contributed by atoms with E-state index in [2.05, 4.69) is 11.4 Å². The molecule has 1 atom stereocenters. The lowest BCUT2D eigenvalue weighted by Gasteiger charge is -2.19. The number of fused-ring (bicyclic) bond motifs is 2. The van der Waals surface area contributed by atoms with E-state index in [1.54, 1.807) is 18.0 Å². The minimum absolute atomic E-state index is 0.0534. The molecule has 5 nitrogen and oxygen atoms in total. The predicted molar refractivity (Wildman–Crippen MR) is 105 cm³/mol. The molecule has 0 radical (unpaired) electrons. The highest BCUT2D eigenvalue weighted by Crippen LogP contribution is 2.45. The van der Waals surface area contributed by atoms with E-state index in [1.165, 1.54) is 0 Å². The van der Waals surface area contributed by atoms with Crippen LogP contribution in [0.2, 0.25) is 0 Å². The molecule has 0 unspecified atom stereocenters. The molecular formula is C21H16N2O3S. The van der Waals surface area contributed by atoms with Crippen LogP contribution in [-0.4, -0.2) is 18.2 Å². The van der Waals surface area contributed by atoms with Gasteiger partial charge in [0.15, 0.2) is 6.61 Å². The molecule has 0 saturated heterocycles. The zero-order chi connectivity index (χ0) is 18.2. The maximum Gasteiger partial charge on any atom is 0.262 e. The Morgan fingerprint density at radius 2 is 2.04 bits per heavy atom. The lowest BCUT2D eigenvalue weighted by Crippen LogP contribution is -2.25. The highest BCUT2D eigenvalue weighted by molar-refractivity contribution is 7.99. The molecular weight excluding hydrogens is 360 g/mol. The van der Waals surface area contributed by atoms with Crippen molar-refractivity contribution in [1.29, 1.82) is 0 Å². The smallest absolute Gasteiger partial charge is 0.262 e. The number of anilines is 1. The first kappa shape index (κ1) is 16.2. The first-order valence-corrected chi connectivity index (χ1v) is 9.58. The molecule has 5 rings (SSSR count). The van der Waals surface area contributed by atoms with Gasteiger partial charge >= 0.3 is 0 Å². The fraction of sp³-hybridized carbons (Fsp3) is 0.143. The van der Waals surface area contributed by atoms with Crippen molar-refractivity contribution in [1.82, 2.24) is 0 Å². The van der Waals surface area contributed by atoms with Crippen molar-refractivity contribution >= 4 is 34.8 Å². The molecule has 3 heterocycles. The molecule has 3 aromatic rings. The number of carbonyl (C=O) groups is 1. The summed E-state index contributed by atoms with van der Waals surface area (Å²) in [6.07, 6.45) is 2.43. The van der Waals surface area contributed by atoms with Crippen LogP contribution in [0.1, 0.15) is 23.0 Å². The van der Waals surface area contributed by atoms with Gasteiger partial charge < -0.3 is 14.5 Å². The largest absolute Gasteiger partial charge is 0.482 e. The van der Waals surface area contributed by atoms with Crippen LogP contribution in [0.4, 0.5) is 11.4 Å². The molecule has 2 aliphatic heterocycles. The maximum absolute atomic E-state index is 11.7. The van der Waals surface area contributed by atoms with Gasteiger partial charge in [-0.15, -0.1) is 11.8 Å². The molecule has 1 aromatic heterocycles. The van der Waals surface area contributed by atoms with Crippen LogP contribution in [0.5, 0.6) is 5.75 Å². The van der Waals surface area contributed by atoms with E-state index >= 15 is 0 Å². The monoisotopic (exact) mass is 376 g/mol. The number of hydrogen-bond donors (Lipinski definition) is 1. The minimum atomic E-state index is -0.142. The quantitative estimate of drug-likeness (QED) is 0.686. The Morgan fingerprint density at radius 3 is 2.93 bits per heavy atom. The Kier molecular flexibility index (Phi) is 3.98. The van der Waals surface area contributed by atoms with Crippen molar-refractivity contribution in [2.45, 2.75) is 16.6 Å². The molecule has 0 spiro atoms. The Balaban J connectivity index is 1.59. The van der Waals surface area contributed by atoms with Crippen molar-refractivity contribution in [3.63, 3.8) is 0 Å². The summed E-state index contributed by atoms with van der Waals surface area (Å²) in [5.41, 5.74) is 3.56. The highest BCUT2D eigenvalue weighted by atomic mass is 32.2. The molecule has 27 heavy (non-hydrogen) atoms. The molecule has 0 aliphatic carbocycles. The molecule has 0 saturated carbocycles. The highest BCUT2D eigenvalue weighted by Gasteiger charge is 2.25. The Labute approximate surface area is 160 Å². The fourth-order valence-corrected chi connectivity index (χ4v) is 4.48. The van der Waals surface area contributed by atoms with E-state index in [1.807, 2.05) is 48.5 Å². The number of carbonyl (C=O) groups excluding carboxylic acids is 1. The zero-order valence-electron chi connectivity index (χ0n) is 14.3. The standard InChI is InChI=1S/C21H16N2O3S/c24-21-12-26-17-8-7-13(10-16(17)23-21)15-11-20(18-5-3-9-25-18)27-19-6-2-1-4-14(19)22-15/h1-10,20H,11-12H2,(H,23,24)/t20-/m0/s1. The van der Waals surface area contributed by atoms with Crippen LogP contribution < -0.4 is 10.1 Å². The number of furan rings is 1. The summed E-state index contributed by atoms with van der Waals surface area (Å²) in [7, 11) is 0. The third-order valence-electron chi connectivity index (χ3n) is 4.57. The van der Waals surface area contributed by atoms with Crippen LogP contribution >= 0.6 is 11.8 Å². The van der Waals surface area contributed by atoms with Crippen molar-refractivity contribution in [3.8, 4) is 5.75 Å². The van der Waals surface area contributed by atoms with Gasteiger partial charge in [-0.05, 0) is 48.0 Å². The lowest BCUT2D eigenvalue weighted by molar-refractivity contribution is -0.118. The normalized spacial score (nSPS) is 18.4. The number of benzene rings is 2. The Bertz CT molecular complexity index is 1040. The van der Waals surface area contributed by atoms with Crippen LogP contribution in [0, 0.1) is 0 Å². The van der Waals surface area contributed by atoms with Crippen molar-refractivity contribution < 1.29 is 13.9 Å². The number of aliphatic imine (C=N–C) groups is 1. The average molecular weight is 376 g/mol. The summed E-state index contributed by atoms with van der Waals surface area (Å²) >= 11 is 1.76. The van der Waals surface area contributed by atoms with Gasteiger partial charge in [0.25, 0.3) is 5.91 Å². The van der Waals surface area contributed by atoms with Gasteiger partial charge in [-0.25, -0.2) is 0 Å². The van der Waals surface area contributed by atoms with E-state index in [0.717, 1.165) is 34.0 Å². The summed E-state index contributed by atoms with van der Waals surface area (Å²) in [5.74, 6) is 1.47. The van der Waals surface area contributed by atoms with Gasteiger partial charge in [0.1, 0.15) is 11.5 Å². The number of ether oxygens (including phenoxy) is 1. The van der Waals surface area contributed by atoms with Crippen LogP contribution in [0.3, 0.4) is 0 Å². The van der Waals surface area contributed by atoms with Crippen LogP contribution in [0.25, 0.3) is 0 Å². The third-order valence-corrected chi connectivity index (χ3v) is 5.86. The summed E-state index contributed by atoms with van der Waals surface area (Å²) < 4.78 is 11.1. The van der Waals surface area contributed by atoms with E-state index in [-0.39, 0.29) is 17.8 Å². The summed E-state index contributed by atoms with van der Waals surface area (Å²) in [6.45, 7) is 0.0534. The molecule has 1 amide bonds. The second-order valence-corrected chi connectivity index (χ2v) is 7.64. The molecule has 0 fully saturated rings. The second-order valence-electron chi connectivity index (χ2n) is 6.40. The van der Waals surface area contributed by atoms with Gasteiger partial charge in [-0.2, -0.15) is 0 Å². The van der Waals surface area contributed by atoms with E-state index in [4.69, 9.17) is 14.1 Å². The number of para-hydroxylation sites is 1. The average Bonchev–Trinajstić information content (AvgIpc) is 3.15. The van der Waals surface area contributed by atoms with E-state index in [9.17, 15) is 4.79 Å². The van der Waals surface area contributed by atoms with Crippen molar-refractivity contribution in [2.24, 2.45) is 4.99 Å². The van der Waals surface area contributed by atoms with Gasteiger partial charge in [0.2, 0.25) is 0 Å². The summed E-state index contributed by atoms with van der Waals surface area (Å²) in [5, 5.41) is 3.00. The Morgan fingerprint density at radius 1 is 1.11 bits per heavy atom. The van der Waals surface area contributed by atoms with Gasteiger partial charge in [0.05, 0.1) is 22.9 Å². The predicted octanol–water partition coefficient (Wildman–Crippen LogP) is 4.97. The first-order valence-electron chi connectivity index (χ1n) is 8.70. The summed E-state index contributed by atoms with van der Waals surface area (Å²) in [4.78, 5) is 17.7. The number of amides is 1. The van der Waals surface area contributed by atoms with Crippen LogP contribution in [-0.2, 0) is 4.79 Å². The van der Waals surface area contributed by atoms with Crippen molar-refractivity contribution in [3.05, 3.63) is 72.2 Å². The van der Waals surface area contributed by atoms with Gasteiger partial charge in [-0.1, -0.05) is 12.1 Å². The van der Waals surface area contributed by atoms with Crippen molar-refractivity contribution in [2.75, 3.05) is 11.9 Å². The zero-order valence-corrected chi connectivity index (χ0v) is 15.2. The molecule has 0 bridgehead atoms. The second kappa shape index (κ2) is 6.63. The topological polar surface area (TPSA) is 63.8 Å². The number of nitrogens with one attached hydrogen (secondary N) is 1. The molecule has 2 aliphatic rings. The number of rotatable bonds is 2. The van der Waals surface area contributed by atoms with Crippen LogP contribution in [0.15, 0.2) is 75.2 Å². The molecule has 134 valence electrons. The molecule has 2 aromatic carbocycles. The minimum Gasteiger partial charge on any atom is -0.482 e. The Hall–Kier alpha value is -2.99. The first-order chi connectivity index (χ1) is 13.3. The van der Waals surface area contributed by atoms with E-state index in [0.29, 0.717) is 11.4 Å².